The molecule has 0 radical (unpaired) electrons. The van der Waals surface area contributed by atoms with E-state index < -0.39 is 16.8 Å². The summed E-state index contributed by atoms with van der Waals surface area (Å²) in [6.45, 7) is 4.23. The highest BCUT2D eigenvalue weighted by Gasteiger charge is 2.12. The van der Waals surface area contributed by atoms with Gasteiger partial charge in [0, 0.05) is 10.5 Å². The number of thiazole rings is 1. The van der Waals surface area contributed by atoms with Crippen LogP contribution in [0, 0.1) is 12.7 Å². The third-order valence-electron chi connectivity index (χ3n) is 3.99. The zero-order chi connectivity index (χ0) is 20.8. The van der Waals surface area contributed by atoms with Crippen molar-refractivity contribution in [3.63, 3.8) is 0 Å². The van der Waals surface area contributed by atoms with Crippen molar-refractivity contribution in [2.24, 2.45) is 0 Å². The number of esters is 1. The van der Waals surface area contributed by atoms with Crippen molar-refractivity contribution in [1.29, 1.82) is 0 Å². The molecule has 0 amide bonds. The quantitative estimate of drug-likeness (QED) is 0.489. The Morgan fingerprint density at radius 2 is 1.83 bits per heavy atom. The van der Waals surface area contributed by atoms with Gasteiger partial charge in [0.2, 0.25) is 0 Å². The highest BCUT2D eigenvalue weighted by atomic mass is 32.2. The molecule has 29 heavy (non-hydrogen) atoms. The topological polar surface area (TPSA) is 65.5 Å². The van der Waals surface area contributed by atoms with Crippen molar-refractivity contribution in [3.8, 4) is 16.3 Å². The van der Waals surface area contributed by atoms with Crippen LogP contribution in [0.15, 0.2) is 53.4 Å². The van der Waals surface area contributed by atoms with E-state index in [0.29, 0.717) is 17.3 Å². The summed E-state index contributed by atoms with van der Waals surface area (Å²) in [7, 11) is -1.45. The Bertz CT molecular complexity index is 1000. The summed E-state index contributed by atoms with van der Waals surface area (Å²) in [4.78, 5) is 17.5. The van der Waals surface area contributed by atoms with E-state index in [9.17, 15) is 13.4 Å². The molecule has 152 valence electrons. The smallest absolute Gasteiger partial charge is 0.318 e. The third kappa shape index (κ3) is 5.71. The van der Waals surface area contributed by atoms with Gasteiger partial charge in [-0.25, -0.2) is 9.37 Å². The first-order valence-corrected chi connectivity index (χ1v) is 11.1. The van der Waals surface area contributed by atoms with E-state index >= 15 is 0 Å². The highest BCUT2D eigenvalue weighted by Crippen LogP contribution is 2.29. The molecule has 1 unspecified atom stereocenters. The summed E-state index contributed by atoms with van der Waals surface area (Å²) in [5.74, 6) is -0.306. The maximum Gasteiger partial charge on any atom is 0.318 e. The predicted molar refractivity (Wildman–Crippen MR) is 111 cm³/mol. The van der Waals surface area contributed by atoms with Crippen molar-refractivity contribution in [2.75, 3.05) is 12.4 Å². The molecule has 0 spiro atoms. The molecule has 5 nitrogen and oxygen atoms in total. The molecular formula is C21H20FNO4S2. The second kappa shape index (κ2) is 9.76. The second-order valence-electron chi connectivity index (χ2n) is 6.09. The number of hydrogen-bond donors (Lipinski definition) is 0. The lowest BCUT2D eigenvalue weighted by Crippen LogP contribution is -2.14. The standard InChI is InChI=1S/C21H20FNO4S2/c1-3-26-20(24)13-29(25)18-10-8-17(9-11-18)27-12-19-14(2)23-21(28-19)15-4-6-16(22)7-5-15/h4-11H,3,12-13H2,1-2H3. The molecule has 0 saturated carbocycles. The first-order chi connectivity index (χ1) is 14.0. The fourth-order valence-electron chi connectivity index (χ4n) is 2.51. The number of carbonyl (C=O) groups excluding carboxylic acids is 1. The van der Waals surface area contributed by atoms with Gasteiger partial charge in [0.25, 0.3) is 0 Å². The van der Waals surface area contributed by atoms with Gasteiger partial charge >= 0.3 is 5.97 Å². The first kappa shape index (κ1) is 21.1. The summed E-state index contributed by atoms with van der Waals surface area (Å²) < 4.78 is 35.9. The zero-order valence-electron chi connectivity index (χ0n) is 16.0. The molecule has 1 heterocycles. The predicted octanol–water partition coefficient (Wildman–Crippen LogP) is 4.51. The van der Waals surface area contributed by atoms with Crippen LogP contribution in [0.3, 0.4) is 0 Å². The SMILES string of the molecule is CCOC(=O)CS(=O)c1ccc(OCc2sc(-c3ccc(F)cc3)nc2C)cc1. The van der Waals surface area contributed by atoms with Crippen molar-refractivity contribution >= 4 is 28.1 Å². The normalized spacial score (nSPS) is 11.8. The van der Waals surface area contributed by atoms with E-state index in [1.807, 2.05) is 6.92 Å². The number of hydrogen-bond acceptors (Lipinski definition) is 6. The van der Waals surface area contributed by atoms with Gasteiger partial charge in [0.15, 0.2) is 0 Å². The lowest BCUT2D eigenvalue weighted by atomic mass is 10.2. The number of carbonyl (C=O) groups is 1. The van der Waals surface area contributed by atoms with Crippen molar-refractivity contribution in [1.82, 2.24) is 4.98 Å². The van der Waals surface area contributed by atoms with Gasteiger partial charge < -0.3 is 9.47 Å². The minimum absolute atomic E-state index is 0.166. The third-order valence-corrected chi connectivity index (χ3v) is 6.47. The van der Waals surface area contributed by atoms with E-state index in [1.54, 1.807) is 43.3 Å². The average Bonchev–Trinajstić information content (AvgIpc) is 3.08. The Labute approximate surface area is 175 Å². The first-order valence-electron chi connectivity index (χ1n) is 8.95. The molecule has 1 atom stereocenters. The second-order valence-corrected chi connectivity index (χ2v) is 8.62. The molecule has 3 aromatic rings. The summed E-state index contributed by atoms with van der Waals surface area (Å²) >= 11 is 1.50. The van der Waals surface area contributed by atoms with Gasteiger partial charge in [-0.15, -0.1) is 11.3 Å². The van der Waals surface area contributed by atoms with E-state index in [4.69, 9.17) is 9.47 Å². The van der Waals surface area contributed by atoms with Crippen LogP contribution < -0.4 is 4.74 Å². The molecule has 0 aliphatic rings. The van der Waals surface area contributed by atoms with Crippen LogP contribution in [-0.2, 0) is 26.9 Å². The minimum Gasteiger partial charge on any atom is -0.488 e. The lowest BCUT2D eigenvalue weighted by molar-refractivity contribution is -0.139. The maximum atomic E-state index is 13.1. The van der Waals surface area contributed by atoms with Crippen LogP contribution in [-0.4, -0.2) is 27.5 Å². The van der Waals surface area contributed by atoms with Crippen LogP contribution in [0.25, 0.3) is 10.6 Å². The Morgan fingerprint density at radius 3 is 2.48 bits per heavy atom. The maximum absolute atomic E-state index is 13.1. The summed E-state index contributed by atoms with van der Waals surface area (Å²) in [5, 5.41) is 0.811. The molecule has 8 heteroatoms. The largest absolute Gasteiger partial charge is 0.488 e. The molecule has 0 saturated heterocycles. The van der Waals surface area contributed by atoms with Gasteiger partial charge in [0.1, 0.15) is 28.9 Å². The molecule has 1 aromatic heterocycles. The molecule has 0 aliphatic carbocycles. The number of aryl methyl sites for hydroxylation is 1. The number of ether oxygens (including phenoxy) is 2. The summed E-state index contributed by atoms with van der Waals surface area (Å²) in [6.07, 6.45) is 0. The number of rotatable bonds is 8. The molecule has 2 aromatic carbocycles. The number of nitrogens with zero attached hydrogens (tertiary/aromatic N) is 1. The van der Waals surface area contributed by atoms with Gasteiger partial charge in [-0.2, -0.15) is 0 Å². The zero-order valence-corrected chi connectivity index (χ0v) is 17.6. The molecule has 0 bridgehead atoms. The fraction of sp³-hybridized carbons (Fsp3) is 0.238. The Balaban J connectivity index is 1.61. The molecule has 0 fully saturated rings. The van der Waals surface area contributed by atoms with Crippen molar-refractivity contribution in [2.45, 2.75) is 25.3 Å². The number of benzene rings is 2. The van der Waals surface area contributed by atoms with E-state index in [0.717, 1.165) is 21.1 Å². The minimum atomic E-state index is -1.45. The average molecular weight is 434 g/mol. The van der Waals surface area contributed by atoms with E-state index in [-0.39, 0.29) is 18.2 Å². The van der Waals surface area contributed by atoms with E-state index in [2.05, 4.69) is 4.98 Å². The monoisotopic (exact) mass is 433 g/mol. The Hall–Kier alpha value is -2.58. The van der Waals surface area contributed by atoms with E-state index in [1.165, 1.54) is 23.5 Å². The molecule has 0 aliphatic heterocycles. The van der Waals surface area contributed by atoms with Gasteiger partial charge in [-0.3, -0.25) is 9.00 Å². The Kier molecular flexibility index (Phi) is 7.11. The van der Waals surface area contributed by atoms with Crippen LogP contribution in [0.4, 0.5) is 4.39 Å². The van der Waals surface area contributed by atoms with Gasteiger partial charge in [-0.05, 0) is 62.4 Å². The molecule has 3 rings (SSSR count). The summed E-state index contributed by atoms with van der Waals surface area (Å²) in [5.41, 5.74) is 1.72. The number of aromatic nitrogens is 1. The van der Waals surface area contributed by atoms with Gasteiger partial charge in [0.05, 0.1) is 28.0 Å². The lowest BCUT2D eigenvalue weighted by Gasteiger charge is -2.07. The Morgan fingerprint density at radius 1 is 1.14 bits per heavy atom. The summed E-state index contributed by atoms with van der Waals surface area (Å²) in [6, 6.07) is 13.0. The highest BCUT2D eigenvalue weighted by molar-refractivity contribution is 7.85. The molecule has 0 N–H and O–H groups in total. The van der Waals surface area contributed by atoms with Crippen LogP contribution in [0.1, 0.15) is 17.5 Å². The van der Waals surface area contributed by atoms with Crippen LogP contribution in [0.2, 0.25) is 0 Å². The van der Waals surface area contributed by atoms with Crippen LogP contribution >= 0.6 is 11.3 Å². The van der Waals surface area contributed by atoms with Gasteiger partial charge in [-0.1, -0.05) is 0 Å². The molecular weight excluding hydrogens is 413 g/mol. The van der Waals surface area contributed by atoms with Crippen LogP contribution in [0.5, 0.6) is 5.75 Å². The number of halogens is 1. The van der Waals surface area contributed by atoms with Crippen molar-refractivity contribution < 1.29 is 22.9 Å². The van der Waals surface area contributed by atoms with Crippen molar-refractivity contribution in [3.05, 3.63) is 64.9 Å². The fourth-order valence-corrected chi connectivity index (χ4v) is 4.39.